The SMILES string of the molecule is Cc1ccc(-c2nc(C3CC(=O)N(c4ccccc4)C3)no2)cc1. The quantitative estimate of drug-likeness (QED) is 0.740. The molecule has 1 amide bonds. The molecule has 0 aliphatic carbocycles. The van der Waals surface area contributed by atoms with Crippen molar-refractivity contribution < 1.29 is 9.32 Å². The molecule has 5 nitrogen and oxygen atoms in total. The van der Waals surface area contributed by atoms with E-state index in [1.165, 1.54) is 5.56 Å². The molecule has 1 fully saturated rings. The lowest BCUT2D eigenvalue weighted by molar-refractivity contribution is -0.117. The van der Waals surface area contributed by atoms with Crippen LogP contribution in [-0.2, 0) is 4.79 Å². The van der Waals surface area contributed by atoms with Crippen molar-refractivity contribution in [2.24, 2.45) is 0 Å². The summed E-state index contributed by atoms with van der Waals surface area (Å²) in [6, 6.07) is 17.6. The van der Waals surface area contributed by atoms with Crippen LogP contribution in [0.5, 0.6) is 0 Å². The number of rotatable bonds is 3. The number of anilines is 1. The van der Waals surface area contributed by atoms with Crippen LogP contribution in [0, 0.1) is 6.92 Å². The van der Waals surface area contributed by atoms with Crippen molar-refractivity contribution in [1.82, 2.24) is 10.1 Å². The van der Waals surface area contributed by atoms with E-state index in [1.807, 2.05) is 61.5 Å². The van der Waals surface area contributed by atoms with Gasteiger partial charge in [-0.2, -0.15) is 4.98 Å². The standard InChI is InChI=1S/C19H17N3O2/c1-13-7-9-14(10-8-13)19-20-18(21-24-19)15-11-17(23)22(12-15)16-5-3-2-4-6-16/h2-10,15H,11-12H2,1H3. The molecule has 1 aliphatic rings. The van der Waals surface area contributed by atoms with Crippen molar-refractivity contribution in [1.29, 1.82) is 0 Å². The van der Waals surface area contributed by atoms with Crippen molar-refractivity contribution in [3.05, 3.63) is 66.0 Å². The van der Waals surface area contributed by atoms with Crippen LogP contribution < -0.4 is 4.90 Å². The molecule has 1 unspecified atom stereocenters. The van der Waals surface area contributed by atoms with Crippen LogP contribution in [0.2, 0.25) is 0 Å². The first-order valence-corrected chi connectivity index (χ1v) is 7.97. The Labute approximate surface area is 139 Å². The first-order valence-electron chi connectivity index (χ1n) is 7.97. The van der Waals surface area contributed by atoms with Crippen LogP contribution in [0.3, 0.4) is 0 Å². The lowest BCUT2D eigenvalue weighted by Gasteiger charge is -2.15. The van der Waals surface area contributed by atoms with Gasteiger partial charge in [-0.15, -0.1) is 0 Å². The molecule has 0 radical (unpaired) electrons. The number of nitrogens with zero attached hydrogens (tertiary/aromatic N) is 3. The number of aryl methyl sites for hydroxylation is 1. The number of carbonyl (C=O) groups excluding carboxylic acids is 1. The van der Waals surface area contributed by atoms with E-state index >= 15 is 0 Å². The molecule has 0 spiro atoms. The molecule has 5 heteroatoms. The maximum Gasteiger partial charge on any atom is 0.257 e. The Bertz CT molecular complexity index is 856. The van der Waals surface area contributed by atoms with Gasteiger partial charge in [-0.25, -0.2) is 0 Å². The van der Waals surface area contributed by atoms with E-state index in [2.05, 4.69) is 10.1 Å². The zero-order valence-corrected chi connectivity index (χ0v) is 13.3. The lowest BCUT2D eigenvalue weighted by Crippen LogP contribution is -2.24. The Kier molecular flexibility index (Phi) is 3.61. The molecular formula is C19H17N3O2. The third kappa shape index (κ3) is 2.69. The molecule has 3 aromatic rings. The predicted molar refractivity (Wildman–Crippen MR) is 90.6 cm³/mol. The number of para-hydroxylation sites is 1. The fraction of sp³-hybridized carbons (Fsp3) is 0.211. The lowest BCUT2D eigenvalue weighted by atomic mass is 10.1. The summed E-state index contributed by atoms with van der Waals surface area (Å²) in [5.74, 6) is 1.14. The summed E-state index contributed by atoms with van der Waals surface area (Å²) in [7, 11) is 0. The Balaban J connectivity index is 1.55. The topological polar surface area (TPSA) is 59.2 Å². The Morgan fingerprint density at radius 3 is 2.58 bits per heavy atom. The minimum Gasteiger partial charge on any atom is -0.334 e. The average molecular weight is 319 g/mol. The fourth-order valence-electron chi connectivity index (χ4n) is 2.95. The Morgan fingerprint density at radius 2 is 1.83 bits per heavy atom. The minimum atomic E-state index is -0.0411. The molecule has 1 atom stereocenters. The molecule has 1 aliphatic heterocycles. The van der Waals surface area contributed by atoms with E-state index in [-0.39, 0.29) is 11.8 Å². The van der Waals surface area contributed by atoms with Crippen molar-refractivity contribution in [3.8, 4) is 11.5 Å². The van der Waals surface area contributed by atoms with E-state index < -0.39 is 0 Å². The van der Waals surface area contributed by atoms with E-state index in [1.54, 1.807) is 4.90 Å². The van der Waals surface area contributed by atoms with Gasteiger partial charge >= 0.3 is 0 Å². The second-order valence-electron chi connectivity index (χ2n) is 6.06. The summed E-state index contributed by atoms with van der Waals surface area (Å²) >= 11 is 0. The van der Waals surface area contributed by atoms with Gasteiger partial charge in [0.05, 0.1) is 0 Å². The van der Waals surface area contributed by atoms with Crippen LogP contribution in [-0.4, -0.2) is 22.6 Å². The number of benzene rings is 2. The summed E-state index contributed by atoms with van der Waals surface area (Å²) < 4.78 is 5.39. The van der Waals surface area contributed by atoms with Crippen molar-refractivity contribution in [3.63, 3.8) is 0 Å². The van der Waals surface area contributed by atoms with E-state index in [9.17, 15) is 4.79 Å². The zero-order valence-electron chi connectivity index (χ0n) is 13.3. The van der Waals surface area contributed by atoms with Gasteiger partial charge in [-0.1, -0.05) is 41.1 Å². The van der Waals surface area contributed by atoms with Crippen LogP contribution in [0.15, 0.2) is 59.1 Å². The van der Waals surface area contributed by atoms with Gasteiger partial charge in [0.15, 0.2) is 5.82 Å². The second kappa shape index (κ2) is 5.92. The maximum absolute atomic E-state index is 12.3. The van der Waals surface area contributed by atoms with Crippen molar-refractivity contribution in [2.75, 3.05) is 11.4 Å². The highest BCUT2D eigenvalue weighted by Crippen LogP contribution is 2.31. The molecule has 1 aromatic heterocycles. The molecule has 120 valence electrons. The molecule has 1 saturated heterocycles. The fourth-order valence-corrected chi connectivity index (χ4v) is 2.95. The number of hydrogen-bond acceptors (Lipinski definition) is 4. The van der Waals surface area contributed by atoms with E-state index in [0.29, 0.717) is 24.7 Å². The Morgan fingerprint density at radius 1 is 1.08 bits per heavy atom. The van der Waals surface area contributed by atoms with Gasteiger partial charge in [0.1, 0.15) is 0 Å². The molecule has 2 heterocycles. The van der Waals surface area contributed by atoms with Gasteiger partial charge in [-0.05, 0) is 31.2 Å². The third-order valence-corrected chi connectivity index (χ3v) is 4.30. The Hall–Kier alpha value is -2.95. The third-order valence-electron chi connectivity index (χ3n) is 4.30. The van der Waals surface area contributed by atoms with Gasteiger partial charge < -0.3 is 9.42 Å². The van der Waals surface area contributed by atoms with E-state index in [0.717, 1.165) is 11.3 Å². The minimum absolute atomic E-state index is 0.0411. The van der Waals surface area contributed by atoms with Gasteiger partial charge in [0.25, 0.3) is 5.89 Å². The number of carbonyl (C=O) groups is 1. The van der Waals surface area contributed by atoms with Crippen molar-refractivity contribution >= 4 is 11.6 Å². The maximum atomic E-state index is 12.3. The van der Waals surface area contributed by atoms with E-state index in [4.69, 9.17) is 4.52 Å². The average Bonchev–Trinajstić information content (AvgIpc) is 3.23. The first-order chi connectivity index (χ1) is 11.7. The van der Waals surface area contributed by atoms with Crippen LogP contribution in [0.1, 0.15) is 23.7 Å². The summed E-state index contributed by atoms with van der Waals surface area (Å²) in [6.07, 6.45) is 0.405. The summed E-state index contributed by atoms with van der Waals surface area (Å²) in [5, 5.41) is 4.09. The van der Waals surface area contributed by atoms with Crippen molar-refractivity contribution in [2.45, 2.75) is 19.3 Å². The highest BCUT2D eigenvalue weighted by atomic mass is 16.5. The largest absolute Gasteiger partial charge is 0.334 e. The molecule has 0 saturated carbocycles. The molecule has 2 aromatic carbocycles. The zero-order chi connectivity index (χ0) is 16.5. The van der Waals surface area contributed by atoms with Gasteiger partial charge in [0.2, 0.25) is 5.91 Å². The molecule has 4 rings (SSSR count). The van der Waals surface area contributed by atoms with Gasteiger partial charge in [-0.3, -0.25) is 4.79 Å². The molecular weight excluding hydrogens is 302 g/mol. The molecule has 0 bridgehead atoms. The predicted octanol–water partition coefficient (Wildman–Crippen LogP) is 3.57. The summed E-state index contributed by atoms with van der Waals surface area (Å²) in [6.45, 7) is 2.61. The highest BCUT2D eigenvalue weighted by Gasteiger charge is 2.34. The molecule has 0 N–H and O–H groups in total. The van der Waals surface area contributed by atoms with Crippen LogP contribution in [0.25, 0.3) is 11.5 Å². The summed E-state index contributed by atoms with van der Waals surface area (Å²) in [4.78, 5) is 18.6. The summed E-state index contributed by atoms with van der Waals surface area (Å²) in [5.41, 5.74) is 2.98. The highest BCUT2D eigenvalue weighted by molar-refractivity contribution is 5.96. The molecule has 24 heavy (non-hydrogen) atoms. The normalized spacial score (nSPS) is 17.5. The van der Waals surface area contributed by atoms with Crippen LogP contribution >= 0.6 is 0 Å². The number of amides is 1. The smallest absolute Gasteiger partial charge is 0.257 e. The first kappa shape index (κ1) is 14.6. The number of aromatic nitrogens is 2. The monoisotopic (exact) mass is 319 g/mol. The van der Waals surface area contributed by atoms with Crippen LogP contribution in [0.4, 0.5) is 5.69 Å². The van der Waals surface area contributed by atoms with Gasteiger partial charge in [0, 0.05) is 30.1 Å². The second-order valence-corrected chi connectivity index (χ2v) is 6.06. The number of hydrogen-bond donors (Lipinski definition) is 0.